The molecule has 1 fully saturated rings. The van der Waals surface area contributed by atoms with Crippen molar-refractivity contribution in [2.75, 3.05) is 13.1 Å². The van der Waals surface area contributed by atoms with Crippen molar-refractivity contribution in [2.45, 2.75) is 25.7 Å². The Kier molecular flexibility index (Phi) is 4.27. The van der Waals surface area contributed by atoms with Crippen LogP contribution in [0.4, 0.5) is 0 Å². The van der Waals surface area contributed by atoms with Crippen molar-refractivity contribution in [3.63, 3.8) is 0 Å². The first-order valence-electron chi connectivity index (χ1n) is 8.66. The predicted octanol–water partition coefficient (Wildman–Crippen LogP) is 3.77. The van der Waals surface area contributed by atoms with Crippen LogP contribution < -0.4 is 0 Å². The number of fused-ring (bicyclic) bond motifs is 1. The van der Waals surface area contributed by atoms with Crippen LogP contribution in [0.2, 0.25) is 0 Å². The van der Waals surface area contributed by atoms with Crippen molar-refractivity contribution in [1.29, 1.82) is 5.26 Å². The minimum atomic E-state index is 0.0764. The van der Waals surface area contributed by atoms with E-state index in [1.165, 1.54) is 5.56 Å². The van der Waals surface area contributed by atoms with Crippen molar-refractivity contribution in [3.8, 4) is 6.07 Å². The van der Waals surface area contributed by atoms with E-state index >= 15 is 0 Å². The highest BCUT2D eigenvalue weighted by Gasteiger charge is 2.27. The zero-order valence-electron chi connectivity index (χ0n) is 14.3. The Bertz CT molecular complexity index is 910. The van der Waals surface area contributed by atoms with Gasteiger partial charge in [0.05, 0.1) is 23.3 Å². The summed E-state index contributed by atoms with van der Waals surface area (Å²) in [5, 5.41) is 9.61. The molecule has 0 aliphatic carbocycles. The molecule has 4 rings (SSSR count). The van der Waals surface area contributed by atoms with Gasteiger partial charge < -0.3 is 9.14 Å². The third kappa shape index (κ3) is 3.17. The average Bonchev–Trinajstić information content (AvgIpc) is 2.99. The van der Waals surface area contributed by atoms with Crippen LogP contribution in [0.15, 0.2) is 60.9 Å². The van der Waals surface area contributed by atoms with Gasteiger partial charge in [-0.05, 0) is 24.6 Å². The summed E-state index contributed by atoms with van der Waals surface area (Å²) in [7, 11) is 0. The van der Waals surface area contributed by atoms with E-state index in [0.29, 0.717) is 0 Å². The molecule has 0 unspecified atom stereocenters. The number of hydrogen-bond donors (Lipinski definition) is 0. The van der Waals surface area contributed by atoms with Crippen LogP contribution in [0.25, 0.3) is 5.52 Å². The molecule has 0 spiro atoms. The zero-order valence-corrected chi connectivity index (χ0v) is 14.3. The Hall–Kier alpha value is -2.61. The molecule has 25 heavy (non-hydrogen) atoms. The second kappa shape index (κ2) is 6.72. The number of pyridine rings is 1. The predicted molar refractivity (Wildman–Crippen MR) is 97.1 cm³/mol. The normalized spacial score (nSPS) is 21.3. The molecule has 1 aromatic carbocycles. The van der Waals surface area contributed by atoms with E-state index in [2.05, 4.69) is 48.4 Å². The Morgan fingerprint density at radius 1 is 1.12 bits per heavy atom. The molecular weight excluding hydrogens is 310 g/mol. The molecule has 1 saturated heterocycles. The fraction of sp³-hybridized carbons (Fsp3) is 0.286. The first-order chi connectivity index (χ1) is 12.2. The highest BCUT2D eigenvalue weighted by Crippen LogP contribution is 2.27. The van der Waals surface area contributed by atoms with Gasteiger partial charge in [-0.1, -0.05) is 36.4 Å². The number of nitriles is 1. The average molecular weight is 331 g/mol. The molecule has 0 radical (unpaired) electrons. The summed E-state index contributed by atoms with van der Waals surface area (Å²) in [6.45, 7) is 4.59. The van der Waals surface area contributed by atoms with Gasteiger partial charge in [0, 0.05) is 37.6 Å². The van der Waals surface area contributed by atoms with Crippen molar-refractivity contribution in [1.82, 2.24) is 9.30 Å². The van der Waals surface area contributed by atoms with Gasteiger partial charge in [0.1, 0.15) is 6.07 Å². The monoisotopic (exact) mass is 331 g/mol. The van der Waals surface area contributed by atoms with Gasteiger partial charge in [-0.2, -0.15) is 5.26 Å². The summed E-state index contributed by atoms with van der Waals surface area (Å²) in [4.78, 5) is 2.39. The number of benzene rings is 1. The van der Waals surface area contributed by atoms with Gasteiger partial charge in [-0.3, -0.25) is 4.90 Å². The molecule has 1 aliphatic rings. The first kappa shape index (κ1) is 15.9. The van der Waals surface area contributed by atoms with Crippen molar-refractivity contribution >= 4 is 5.52 Å². The van der Waals surface area contributed by atoms with Crippen molar-refractivity contribution < 1.29 is 4.74 Å². The van der Waals surface area contributed by atoms with Crippen LogP contribution in [-0.2, 0) is 11.3 Å². The van der Waals surface area contributed by atoms with Crippen LogP contribution in [0.1, 0.15) is 29.7 Å². The standard InChI is InChI=1S/C21H21N3O/c1-16-12-23(15-21(25-16)17-7-3-2-4-8-17)13-18-14-24-10-6-5-9-20(24)19(18)11-22/h2-10,14,16,21H,12-13,15H2,1H3/t16-,21+/m0/s1. The summed E-state index contributed by atoms with van der Waals surface area (Å²) in [6.07, 6.45) is 4.31. The highest BCUT2D eigenvalue weighted by molar-refractivity contribution is 5.65. The first-order valence-corrected chi connectivity index (χ1v) is 8.66. The minimum absolute atomic E-state index is 0.0764. The summed E-state index contributed by atoms with van der Waals surface area (Å²) in [5.74, 6) is 0. The van der Waals surface area contributed by atoms with Gasteiger partial charge in [-0.15, -0.1) is 0 Å². The van der Waals surface area contributed by atoms with Crippen LogP contribution in [0, 0.1) is 11.3 Å². The van der Waals surface area contributed by atoms with E-state index in [0.717, 1.165) is 36.3 Å². The van der Waals surface area contributed by atoms with Gasteiger partial charge in [0.2, 0.25) is 0 Å². The summed E-state index contributed by atoms with van der Waals surface area (Å²) >= 11 is 0. The lowest BCUT2D eigenvalue weighted by Crippen LogP contribution is -2.42. The second-order valence-electron chi connectivity index (χ2n) is 6.67. The summed E-state index contributed by atoms with van der Waals surface area (Å²) in [5.41, 5.74) is 4.04. The SMILES string of the molecule is C[C@H]1CN(Cc2cn3ccccc3c2C#N)C[C@H](c2ccccc2)O1. The Morgan fingerprint density at radius 2 is 1.92 bits per heavy atom. The molecule has 4 nitrogen and oxygen atoms in total. The largest absolute Gasteiger partial charge is 0.368 e. The fourth-order valence-electron chi connectivity index (χ4n) is 3.69. The molecule has 2 atom stereocenters. The maximum atomic E-state index is 9.61. The lowest BCUT2D eigenvalue weighted by molar-refractivity contribution is -0.0814. The zero-order chi connectivity index (χ0) is 17.2. The lowest BCUT2D eigenvalue weighted by atomic mass is 10.1. The van der Waals surface area contributed by atoms with Gasteiger partial charge in [-0.25, -0.2) is 0 Å². The molecule has 0 saturated carbocycles. The minimum Gasteiger partial charge on any atom is -0.368 e. The van der Waals surface area contributed by atoms with E-state index in [9.17, 15) is 5.26 Å². The quantitative estimate of drug-likeness (QED) is 0.733. The number of ether oxygens (including phenoxy) is 1. The van der Waals surface area contributed by atoms with Crippen molar-refractivity contribution in [3.05, 3.63) is 77.6 Å². The second-order valence-corrected chi connectivity index (χ2v) is 6.67. The molecule has 3 aromatic rings. The Balaban J connectivity index is 1.59. The molecule has 0 amide bonds. The molecule has 3 heterocycles. The third-order valence-corrected chi connectivity index (χ3v) is 4.78. The van der Waals surface area contributed by atoms with E-state index in [-0.39, 0.29) is 12.2 Å². The third-order valence-electron chi connectivity index (χ3n) is 4.78. The van der Waals surface area contributed by atoms with E-state index < -0.39 is 0 Å². The molecule has 0 bridgehead atoms. The smallest absolute Gasteiger partial charge is 0.102 e. The van der Waals surface area contributed by atoms with Crippen molar-refractivity contribution in [2.24, 2.45) is 0 Å². The van der Waals surface area contributed by atoms with Crippen LogP contribution >= 0.6 is 0 Å². The van der Waals surface area contributed by atoms with E-state index in [1.807, 2.05) is 34.9 Å². The van der Waals surface area contributed by atoms with Crippen LogP contribution in [0.5, 0.6) is 0 Å². The van der Waals surface area contributed by atoms with Gasteiger partial charge in [0.15, 0.2) is 0 Å². The number of aromatic nitrogens is 1. The molecular formula is C21H21N3O. The molecule has 126 valence electrons. The Morgan fingerprint density at radius 3 is 2.72 bits per heavy atom. The molecule has 2 aromatic heterocycles. The summed E-state index contributed by atoms with van der Waals surface area (Å²) in [6, 6.07) is 18.7. The maximum Gasteiger partial charge on any atom is 0.102 e. The summed E-state index contributed by atoms with van der Waals surface area (Å²) < 4.78 is 8.18. The van der Waals surface area contributed by atoms with E-state index in [1.54, 1.807) is 0 Å². The van der Waals surface area contributed by atoms with Crippen LogP contribution in [0.3, 0.4) is 0 Å². The highest BCUT2D eigenvalue weighted by atomic mass is 16.5. The number of morpholine rings is 1. The number of nitrogens with zero attached hydrogens (tertiary/aromatic N) is 3. The number of hydrogen-bond acceptors (Lipinski definition) is 3. The topological polar surface area (TPSA) is 40.7 Å². The molecule has 4 heteroatoms. The number of rotatable bonds is 3. The lowest BCUT2D eigenvalue weighted by Gasteiger charge is -2.37. The maximum absolute atomic E-state index is 9.61. The molecule has 0 N–H and O–H groups in total. The Labute approximate surface area is 147 Å². The van der Waals surface area contributed by atoms with Gasteiger partial charge >= 0.3 is 0 Å². The molecule has 1 aliphatic heterocycles. The van der Waals surface area contributed by atoms with E-state index in [4.69, 9.17) is 4.74 Å². The van der Waals surface area contributed by atoms with Crippen LogP contribution in [-0.4, -0.2) is 28.5 Å². The van der Waals surface area contributed by atoms with Gasteiger partial charge in [0.25, 0.3) is 0 Å². The fourth-order valence-corrected chi connectivity index (χ4v) is 3.69.